The van der Waals surface area contributed by atoms with Crippen LogP contribution in [0, 0.1) is 0 Å². The Balaban J connectivity index is 4.91. The number of aliphatic hydroxyl groups is 2. The van der Waals surface area contributed by atoms with E-state index in [4.69, 9.17) is 36.8 Å². The number of hydrogen-bond acceptors (Lipinski definition) is 10. The summed E-state index contributed by atoms with van der Waals surface area (Å²) in [6.45, 7) is 3.24. The summed E-state index contributed by atoms with van der Waals surface area (Å²) < 4.78 is 32.9. The topological polar surface area (TPSA) is 131 Å². The van der Waals surface area contributed by atoms with Gasteiger partial charge in [-0.15, -0.1) is 0 Å². The van der Waals surface area contributed by atoms with Crippen LogP contribution in [0.5, 0.6) is 0 Å². The van der Waals surface area contributed by atoms with Crippen LogP contribution in [0.4, 0.5) is 4.79 Å². The first kappa shape index (κ1) is 33.3. The quantitative estimate of drug-likeness (QED) is 0.132. The van der Waals surface area contributed by atoms with Gasteiger partial charge in [0.25, 0.3) is 0 Å². The zero-order chi connectivity index (χ0) is 25.9. The van der Waals surface area contributed by atoms with E-state index in [1.54, 1.807) is 47.6 Å². The minimum absolute atomic E-state index is 0.0323. The second-order valence-electron chi connectivity index (χ2n) is 7.66. The zero-order valence-corrected chi connectivity index (χ0v) is 23.8. The molecule has 0 aliphatic carbocycles. The number of hydrogen-bond donors (Lipinski definition) is 3. The number of aliphatic hydroxyl groups excluding tert-OH is 2. The lowest BCUT2D eigenvalue weighted by molar-refractivity contribution is 0.120. The van der Waals surface area contributed by atoms with Crippen molar-refractivity contribution in [3.8, 4) is 0 Å². The maximum Gasteiger partial charge on any atom is 0.500 e. The molecule has 0 fully saturated rings. The Morgan fingerprint density at radius 1 is 0.676 bits per heavy atom. The van der Waals surface area contributed by atoms with Crippen LogP contribution in [0.2, 0.25) is 12.1 Å². The van der Waals surface area contributed by atoms with E-state index in [0.29, 0.717) is 70.6 Å². The molecule has 0 saturated heterocycles. The lowest BCUT2D eigenvalue weighted by Crippen LogP contribution is -2.46. The largest absolute Gasteiger partial charge is 0.500 e. The lowest BCUT2D eigenvalue weighted by atomic mass is 10.3. The second-order valence-corrected chi connectivity index (χ2v) is 13.8. The number of rotatable bonds is 22. The predicted octanol–water partition coefficient (Wildman–Crippen LogP) is 0.211. The Morgan fingerprint density at radius 2 is 1.09 bits per heavy atom. The highest BCUT2D eigenvalue weighted by Crippen LogP contribution is 2.18. The molecule has 14 heteroatoms. The number of nitrogens with one attached hydrogen (secondary N) is 1. The minimum atomic E-state index is -2.72. The average molecular weight is 530 g/mol. The van der Waals surface area contributed by atoms with Crippen LogP contribution < -0.4 is 5.32 Å². The van der Waals surface area contributed by atoms with Gasteiger partial charge in [0, 0.05) is 87.5 Å². The van der Waals surface area contributed by atoms with Crippen molar-refractivity contribution in [1.82, 2.24) is 15.1 Å². The van der Waals surface area contributed by atoms with Crippen LogP contribution in [0.25, 0.3) is 0 Å². The normalized spacial score (nSPS) is 12.4. The summed E-state index contributed by atoms with van der Waals surface area (Å²) in [7, 11) is 4.02. The minimum Gasteiger partial charge on any atom is -0.395 e. The van der Waals surface area contributed by atoms with Crippen molar-refractivity contribution in [3.05, 3.63) is 0 Å². The van der Waals surface area contributed by atoms with E-state index >= 15 is 0 Å². The molecule has 0 radical (unpaired) electrons. The Labute approximate surface area is 207 Å². The smallest absolute Gasteiger partial charge is 0.395 e. The van der Waals surface area contributed by atoms with Gasteiger partial charge in [0.15, 0.2) is 0 Å². The summed E-state index contributed by atoms with van der Waals surface area (Å²) in [5, 5.41) is 21.2. The third kappa shape index (κ3) is 12.3. The van der Waals surface area contributed by atoms with Crippen molar-refractivity contribution in [2.45, 2.75) is 31.4 Å². The van der Waals surface area contributed by atoms with Crippen LogP contribution in [0.15, 0.2) is 0 Å². The van der Waals surface area contributed by atoms with Crippen molar-refractivity contribution in [2.75, 3.05) is 95.1 Å². The van der Waals surface area contributed by atoms with E-state index in [9.17, 15) is 4.79 Å². The fourth-order valence-corrected chi connectivity index (χ4v) is 7.04. The molecule has 0 aromatic carbocycles. The van der Waals surface area contributed by atoms with Crippen molar-refractivity contribution < 1.29 is 41.6 Å². The average Bonchev–Trinajstić information content (AvgIpc) is 2.86. The molecule has 0 aromatic heterocycles. The van der Waals surface area contributed by atoms with E-state index in [2.05, 4.69) is 5.32 Å². The number of urea groups is 1. The first-order valence-electron chi connectivity index (χ1n) is 11.6. The molecule has 204 valence electrons. The van der Waals surface area contributed by atoms with Crippen LogP contribution in [-0.4, -0.2) is 139 Å². The molecular formula is C20H47N3O9Si2. The molecule has 0 aliphatic rings. The van der Waals surface area contributed by atoms with Gasteiger partial charge >= 0.3 is 23.6 Å². The number of carbonyl (C=O) groups excluding carboxylic acids is 1. The van der Waals surface area contributed by atoms with Crippen molar-refractivity contribution in [3.63, 3.8) is 0 Å². The van der Waals surface area contributed by atoms with Crippen LogP contribution in [0.3, 0.4) is 0 Å². The lowest BCUT2D eigenvalue weighted by Gasteiger charge is -2.28. The van der Waals surface area contributed by atoms with E-state index < -0.39 is 17.6 Å². The second kappa shape index (κ2) is 19.5. The Bertz CT molecular complexity index is 467. The van der Waals surface area contributed by atoms with Gasteiger partial charge in [-0.2, -0.15) is 0 Å². The maximum absolute atomic E-state index is 12.9. The van der Waals surface area contributed by atoms with E-state index in [0.717, 1.165) is 0 Å². The highest BCUT2D eigenvalue weighted by molar-refractivity contribution is 6.60. The van der Waals surface area contributed by atoms with E-state index in [1.165, 1.54) is 0 Å². The summed E-state index contributed by atoms with van der Waals surface area (Å²) in [6, 6.07) is 1.02. The van der Waals surface area contributed by atoms with Gasteiger partial charge in [-0.05, 0) is 25.8 Å². The summed E-state index contributed by atoms with van der Waals surface area (Å²) in [5.74, 6) is 0. The molecule has 2 amide bonds. The SMILES string of the molecule is CO[Si](CCCN(CCC[Si](OC)(OC)OC)C(=O)NCCCN(CCO)CCO)(OC)OC. The van der Waals surface area contributed by atoms with Gasteiger partial charge in [-0.1, -0.05) is 0 Å². The molecule has 34 heavy (non-hydrogen) atoms. The van der Waals surface area contributed by atoms with Gasteiger partial charge in [-0.25, -0.2) is 4.79 Å². The number of carbonyl (C=O) groups is 1. The Kier molecular flexibility index (Phi) is 19.1. The predicted molar refractivity (Wildman–Crippen MR) is 133 cm³/mol. The molecule has 0 bridgehead atoms. The molecule has 0 unspecified atom stereocenters. The molecule has 0 aromatic rings. The Morgan fingerprint density at radius 3 is 1.44 bits per heavy atom. The molecule has 0 atom stereocenters. The highest BCUT2D eigenvalue weighted by Gasteiger charge is 2.38. The van der Waals surface area contributed by atoms with Crippen LogP contribution >= 0.6 is 0 Å². The monoisotopic (exact) mass is 529 g/mol. The van der Waals surface area contributed by atoms with Crippen molar-refractivity contribution in [1.29, 1.82) is 0 Å². The summed E-state index contributed by atoms with van der Waals surface area (Å²) in [5.41, 5.74) is 0. The van der Waals surface area contributed by atoms with Crippen molar-refractivity contribution >= 4 is 23.6 Å². The third-order valence-electron chi connectivity index (χ3n) is 5.74. The molecule has 0 rings (SSSR count). The van der Waals surface area contributed by atoms with Gasteiger partial charge in [-0.3, -0.25) is 4.90 Å². The number of amides is 2. The van der Waals surface area contributed by atoms with E-state index in [-0.39, 0.29) is 19.2 Å². The first-order valence-corrected chi connectivity index (χ1v) is 15.5. The molecular weight excluding hydrogens is 482 g/mol. The highest BCUT2D eigenvalue weighted by atomic mass is 28.4. The van der Waals surface area contributed by atoms with Gasteiger partial charge in [0.1, 0.15) is 0 Å². The molecule has 0 aliphatic heterocycles. The molecule has 0 spiro atoms. The standard InChI is InChI=1S/C20H47N3O9Si2/c1-27-33(28-2,29-3)18-8-12-23(13-9-19-34(30-4,31-5)32-6)20(26)21-10-7-11-22(14-16-24)15-17-25/h24-25H,7-19H2,1-6H3,(H,21,26). The summed E-state index contributed by atoms with van der Waals surface area (Å²) in [4.78, 5) is 16.6. The Hall–Kier alpha value is -0.656. The molecule has 3 N–H and O–H groups in total. The maximum atomic E-state index is 12.9. The fourth-order valence-electron chi connectivity index (χ4n) is 3.63. The van der Waals surface area contributed by atoms with E-state index in [1.807, 2.05) is 4.90 Å². The van der Waals surface area contributed by atoms with Crippen molar-refractivity contribution in [2.24, 2.45) is 0 Å². The van der Waals surface area contributed by atoms with Crippen LogP contribution in [-0.2, 0) is 26.6 Å². The fraction of sp³-hybridized carbons (Fsp3) is 0.950. The first-order chi connectivity index (χ1) is 16.3. The molecule has 12 nitrogen and oxygen atoms in total. The third-order valence-corrected chi connectivity index (χ3v) is 11.4. The van der Waals surface area contributed by atoms with Crippen LogP contribution in [0.1, 0.15) is 19.3 Å². The summed E-state index contributed by atoms with van der Waals surface area (Å²) in [6.07, 6.45) is 2.04. The van der Waals surface area contributed by atoms with Gasteiger partial charge < -0.3 is 47.0 Å². The molecule has 0 heterocycles. The van der Waals surface area contributed by atoms with Gasteiger partial charge in [0.2, 0.25) is 0 Å². The van der Waals surface area contributed by atoms with Gasteiger partial charge in [0.05, 0.1) is 13.2 Å². The summed E-state index contributed by atoms with van der Waals surface area (Å²) >= 11 is 0. The molecule has 0 saturated carbocycles. The number of nitrogens with zero attached hydrogens (tertiary/aromatic N) is 2. The zero-order valence-electron chi connectivity index (χ0n) is 21.8.